The van der Waals surface area contributed by atoms with E-state index in [1.807, 2.05) is 31.3 Å². The number of anilines is 1. The number of hydrogen-bond donors (Lipinski definition) is 1. The SMILES string of the molecule is CCOC(=O)c1cc2cc(NC3CCN(C)C3=O)ccc2s1. The molecular weight excluding hydrogens is 300 g/mol. The molecule has 0 saturated carbocycles. The van der Waals surface area contributed by atoms with Crippen LogP contribution in [-0.4, -0.2) is 43.0 Å². The molecule has 0 bridgehead atoms. The number of amides is 1. The summed E-state index contributed by atoms with van der Waals surface area (Å²) in [7, 11) is 1.82. The van der Waals surface area contributed by atoms with Gasteiger partial charge in [0.1, 0.15) is 10.9 Å². The lowest BCUT2D eigenvalue weighted by Crippen LogP contribution is -2.30. The highest BCUT2D eigenvalue weighted by Crippen LogP contribution is 2.29. The third-order valence-corrected chi connectivity index (χ3v) is 4.86. The van der Waals surface area contributed by atoms with E-state index in [0.717, 1.165) is 28.7 Å². The van der Waals surface area contributed by atoms with Gasteiger partial charge in [-0.15, -0.1) is 11.3 Å². The van der Waals surface area contributed by atoms with E-state index in [-0.39, 0.29) is 17.9 Å². The second-order valence-electron chi connectivity index (χ2n) is 5.33. The third kappa shape index (κ3) is 2.78. The van der Waals surface area contributed by atoms with Gasteiger partial charge in [-0.3, -0.25) is 4.79 Å². The first kappa shape index (κ1) is 14.8. The quantitative estimate of drug-likeness (QED) is 0.881. The van der Waals surface area contributed by atoms with Gasteiger partial charge in [0.2, 0.25) is 5.91 Å². The minimum Gasteiger partial charge on any atom is -0.462 e. The van der Waals surface area contributed by atoms with E-state index in [4.69, 9.17) is 4.74 Å². The maximum Gasteiger partial charge on any atom is 0.348 e. The molecule has 2 heterocycles. The zero-order valence-corrected chi connectivity index (χ0v) is 13.4. The molecule has 116 valence electrons. The van der Waals surface area contributed by atoms with Gasteiger partial charge in [0, 0.05) is 24.0 Å². The number of likely N-dealkylation sites (N-methyl/N-ethyl adjacent to an activating group) is 1. The molecule has 1 aromatic carbocycles. The number of nitrogens with zero attached hydrogens (tertiary/aromatic N) is 1. The summed E-state index contributed by atoms with van der Waals surface area (Å²) in [6, 6.07) is 7.56. The average molecular weight is 318 g/mol. The van der Waals surface area contributed by atoms with Crippen molar-refractivity contribution in [3.63, 3.8) is 0 Å². The Morgan fingerprint density at radius 3 is 2.95 bits per heavy atom. The van der Waals surface area contributed by atoms with Crippen LogP contribution in [0.15, 0.2) is 24.3 Å². The zero-order valence-electron chi connectivity index (χ0n) is 12.6. The fourth-order valence-corrected chi connectivity index (χ4v) is 3.53. The summed E-state index contributed by atoms with van der Waals surface area (Å²) in [5.41, 5.74) is 0.898. The number of nitrogens with one attached hydrogen (secondary N) is 1. The number of fused-ring (bicyclic) bond motifs is 1. The van der Waals surface area contributed by atoms with E-state index >= 15 is 0 Å². The van der Waals surface area contributed by atoms with Crippen LogP contribution in [0.25, 0.3) is 10.1 Å². The lowest BCUT2D eigenvalue weighted by atomic mass is 10.2. The molecule has 0 spiro atoms. The first-order chi connectivity index (χ1) is 10.6. The highest BCUT2D eigenvalue weighted by Gasteiger charge is 2.28. The van der Waals surface area contributed by atoms with Crippen LogP contribution >= 0.6 is 11.3 Å². The Morgan fingerprint density at radius 2 is 2.27 bits per heavy atom. The zero-order chi connectivity index (χ0) is 15.7. The molecular formula is C16H18N2O3S. The van der Waals surface area contributed by atoms with E-state index in [1.54, 1.807) is 11.8 Å². The Balaban J connectivity index is 1.81. The van der Waals surface area contributed by atoms with Crippen molar-refractivity contribution < 1.29 is 14.3 Å². The van der Waals surface area contributed by atoms with Crippen LogP contribution in [0.3, 0.4) is 0 Å². The Hall–Kier alpha value is -2.08. The maximum absolute atomic E-state index is 11.9. The van der Waals surface area contributed by atoms with E-state index in [9.17, 15) is 9.59 Å². The minimum atomic E-state index is -0.286. The maximum atomic E-state index is 11.9. The van der Waals surface area contributed by atoms with E-state index in [0.29, 0.717) is 11.5 Å². The number of carbonyl (C=O) groups is 2. The third-order valence-electron chi connectivity index (χ3n) is 3.76. The van der Waals surface area contributed by atoms with Gasteiger partial charge < -0.3 is 15.0 Å². The Bertz CT molecular complexity index is 725. The molecule has 1 N–H and O–H groups in total. The summed E-state index contributed by atoms with van der Waals surface area (Å²) in [6.45, 7) is 2.95. The monoisotopic (exact) mass is 318 g/mol. The fourth-order valence-electron chi connectivity index (χ4n) is 2.59. The summed E-state index contributed by atoms with van der Waals surface area (Å²) in [5, 5.41) is 4.26. The molecule has 1 aromatic heterocycles. The number of thiophene rings is 1. The van der Waals surface area contributed by atoms with Gasteiger partial charge in [0.15, 0.2) is 0 Å². The molecule has 1 aliphatic heterocycles. The van der Waals surface area contributed by atoms with Gasteiger partial charge in [0.25, 0.3) is 0 Å². The number of hydrogen-bond acceptors (Lipinski definition) is 5. The molecule has 22 heavy (non-hydrogen) atoms. The minimum absolute atomic E-state index is 0.123. The van der Waals surface area contributed by atoms with Crippen LogP contribution < -0.4 is 5.32 Å². The second-order valence-corrected chi connectivity index (χ2v) is 6.41. The Kier molecular flexibility index (Phi) is 4.02. The summed E-state index contributed by atoms with van der Waals surface area (Å²) < 4.78 is 6.06. The van der Waals surface area contributed by atoms with Crippen molar-refractivity contribution in [2.45, 2.75) is 19.4 Å². The molecule has 3 rings (SSSR count). The molecule has 1 unspecified atom stereocenters. The second kappa shape index (κ2) is 5.96. The van der Waals surface area contributed by atoms with Crippen molar-refractivity contribution in [1.29, 1.82) is 0 Å². The number of carbonyl (C=O) groups excluding carboxylic acids is 2. The molecule has 6 heteroatoms. The number of rotatable bonds is 4. The van der Waals surface area contributed by atoms with Crippen LogP contribution in [0.1, 0.15) is 23.0 Å². The van der Waals surface area contributed by atoms with Crippen molar-refractivity contribution in [2.24, 2.45) is 0 Å². The first-order valence-corrected chi connectivity index (χ1v) is 8.12. The van der Waals surface area contributed by atoms with Crippen LogP contribution in [0.2, 0.25) is 0 Å². The molecule has 2 aromatic rings. The van der Waals surface area contributed by atoms with Gasteiger partial charge in [-0.1, -0.05) is 0 Å². The normalized spacial score (nSPS) is 18.0. The van der Waals surface area contributed by atoms with Gasteiger partial charge in [-0.05, 0) is 43.0 Å². The molecule has 0 radical (unpaired) electrons. The van der Waals surface area contributed by atoms with Gasteiger partial charge in [0.05, 0.1) is 6.61 Å². The predicted octanol–water partition coefficient (Wildman–Crippen LogP) is 2.72. The lowest BCUT2D eigenvalue weighted by Gasteiger charge is -2.13. The highest BCUT2D eigenvalue weighted by atomic mass is 32.1. The van der Waals surface area contributed by atoms with Crippen LogP contribution in [0, 0.1) is 0 Å². The van der Waals surface area contributed by atoms with Crippen LogP contribution in [0.4, 0.5) is 5.69 Å². The molecule has 1 fully saturated rings. The van der Waals surface area contributed by atoms with Crippen molar-refractivity contribution >= 4 is 39.0 Å². The molecule has 1 amide bonds. The van der Waals surface area contributed by atoms with Crippen molar-refractivity contribution in [2.75, 3.05) is 25.5 Å². The summed E-state index contributed by atoms with van der Waals surface area (Å²) in [5.74, 6) is -0.163. The van der Waals surface area contributed by atoms with Gasteiger partial charge in [-0.2, -0.15) is 0 Å². The molecule has 5 nitrogen and oxygen atoms in total. The molecule has 1 aliphatic rings. The Labute approximate surface area is 132 Å². The molecule has 0 aliphatic carbocycles. The predicted molar refractivity (Wildman–Crippen MR) is 87.4 cm³/mol. The van der Waals surface area contributed by atoms with Crippen LogP contribution in [0.5, 0.6) is 0 Å². The number of ether oxygens (including phenoxy) is 1. The highest BCUT2D eigenvalue weighted by molar-refractivity contribution is 7.20. The topological polar surface area (TPSA) is 58.6 Å². The van der Waals surface area contributed by atoms with Crippen LogP contribution in [-0.2, 0) is 9.53 Å². The largest absolute Gasteiger partial charge is 0.462 e. The molecule has 1 saturated heterocycles. The van der Waals surface area contributed by atoms with Gasteiger partial charge in [-0.25, -0.2) is 4.79 Å². The number of benzene rings is 1. The summed E-state index contributed by atoms with van der Waals surface area (Å²) in [6.07, 6.45) is 0.811. The summed E-state index contributed by atoms with van der Waals surface area (Å²) in [4.78, 5) is 26.1. The van der Waals surface area contributed by atoms with Crippen molar-refractivity contribution in [3.05, 3.63) is 29.1 Å². The van der Waals surface area contributed by atoms with E-state index in [2.05, 4.69) is 5.32 Å². The first-order valence-electron chi connectivity index (χ1n) is 7.30. The van der Waals surface area contributed by atoms with E-state index < -0.39 is 0 Å². The lowest BCUT2D eigenvalue weighted by molar-refractivity contribution is -0.127. The van der Waals surface area contributed by atoms with Crippen molar-refractivity contribution in [3.8, 4) is 0 Å². The number of esters is 1. The number of likely N-dealkylation sites (tertiary alicyclic amines) is 1. The van der Waals surface area contributed by atoms with E-state index in [1.165, 1.54) is 11.3 Å². The molecule has 1 atom stereocenters. The standard InChI is InChI=1S/C16H18N2O3S/c1-3-21-16(20)14-9-10-8-11(4-5-13(10)22-14)17-12-6-7-18(2)15(12)19/h4-5,8-9,12,17H,3,6-7H2,1-2H3. The Morgan fingerprint density at radius 1 is 1.45 bits per heavy atom. The smallest absolute Gasteiger partial charge is 0.348 e. The summed E-state index contributed by atoms with van der Waals surface area (Å²) >= 11 is 1.42. The average Bonchev–Trinajstić information content (AvgIpc) is 3.06. The van der Waals surface area contributed by atoms with Crippen molar-refractivity contribution in [1.82, 2.24) is 4.90 Å². The fraction of sp³-hybridized carbons (Fsp3) is 0.375. The van der Waals surface area contributed by atoms with Gasteiger partial charge >= 0.3 is 5.97 Å².